The van der Waals surface area contributed by atoms with E-state index in [1.165, 1.54) is 0 Å². The number of piperidine rings is 1. The molecule has 1 atom stereocenters. The van der Waals surface area contributed by atoms with E-state index < -0.39 is 0 Å². The number of hydrogen-bond donors (Lipinski definition) is 1. The zero-order valence-corrected chi connectivity index (χ0v) is 18.4. The van der Waals surface area contributed by atoms with Gasteiger partial charge in [0.1, 0.15) is 5.75 Å². The molecule has 6 nitrogen and oxygen atoms in total. The third-order valence-electron chi connectivity index (χ3n) is 4.35. The molecule has 0 aliphatic carbocycles. The second kappa shape index (κ2) is 11.3. The first-order valence-corrected chi connectivity index (χ1v) is 8.84. The maximum atomic E-state index is 12.0. The van der Waals surface area contributed by atoms with Crippen molar-refractivity contribution in [1.29, 1.82) is 0 Å². The molecule has 1 aliphatic rings. The van der Waals surface area contributed by atoms with Crippen LogP contribution < -0.4 is 10.1 Å². The molecule has 0 bridgehead atoms. The number of hydrogen-bond acceptors (Lipinski definition) is 4. The number of rotatable bonds is 5. The lowest BCUT2D eigenvalue weighted by molar-refractivity contribution is -0.149. The van der Waals surface area contributed by atoms with Gasteiger partial charge in [-0.25, -0.2) is 0 Å². The van der Waals surface area contributed by atoms with Crippen LogP contribution >= 0.6 is 24.0 Å². The van der Waals surface area contributed by atoms with Crippen LogP contribution in [0.4, 0.5) is 0 Å². The highest BCUT2D eigenvalue weighted by Gasteiger charge is 2.28. The van der Waals surface area contributed by atoms with Crippen molar-refractivity contribution in [3.63, 3.8) is 0 Å². The maximum absolute atomic E-state index is 12.0. The van der Waals surface area contributed by atoms with E-state index in [4.69, 9.17) is 9.47 Å². The molecule has 1 aromatic rings. The average Bonchev–Trinajstić information content (AvgIpc) is 2.62. The van der Waals surface area contributed by atoms with Crippen LogP contribution in [0.1, 0.15) is 30.9 Å². The van der Waals surface area contributed by atoms with Gasteiger partial charge in [-0.05, 0) is 49.9 Å². The van der Waals surface area contributed by atoms with Gasteiger partial charge in [0.2, 0.25) is 0 Å². The molecule has 1 heterocycles. The Bertz CT molecular complexity index is 622. The van der Waals surface area contributed by atoms with Crippen LogP contribution in [-0.2, 0) is 16.1 Å². The van der Waals surface area contributed by atoms with Crippen LogP contribution in [0.3, 0.4) is 0 Å². The normalized spacial score (nSPS) is 17.3. The van der Waals surface area contributed by atoms with Crippen molar-refractivity contribution >= 4 is 35.9 Å². The van der Waals surface area contributed by atoms with Crippen molar-refractivity contribution < 1.29 is 14.3 Å². The summed E-state index contributed by atoms with van der Waals surface area (Å²) in [5.41, 5.74) is 2.29. The Balaban J connectivity index is 0.00000338. The summed E-state index contributed by atoms with van der Waals surface area (Å²) >= 11 is 0. The van der Waals surface area contributed by atoms with E-state index in [9.17, 15) is 4.79 Å². The van der Waals surface area contributed by atoms with Crippen LogP contribution in [0, 0.1) is 12.8 Å². The van der Waals surface area contributed by atoms with Crippen LogP contribution in [0.5, 0.6) is 5.75 Å². The van der Waals surface area contributed by atoms with E-state index >= 15 is 0 Å². The van der Waals surface area contributed by atoms with Crippen LogP contribution in [-0.4, -0.2) is 50.7 Å². The predicted octanol–water partition coefficient (Wildman–Crippen LogP) is 2.97. The van der Waals surface area contributed by atoms with E-state index in [0.717, 1.165) is 42.2 Å². The molecule has 0 aromatic heterocycles. The fraction of sp³-hybridized carbons (Fsp3) is 0.579. The van der Waals surface area contributed by atoms with Crippen molar-refractivity contribution in [2.24, 2.45) is 10.9 Å². The summed E-state index contributed by atoms with van der Waals surface area (Å²) in [6.07, 6.45) is 1.84. The van der Waals surface area contributed by atoms with Gasteiger partial charge in [-0.1, -0.05) is 6.07 Å². The van der Waals surface area contributed by atoms with Gasteiger partial charge in [-0.3, -0.25) is 9.79 Å². The number of methoxy groups -OCH3 is 1. The smallest absolute Gasteiger partial charge is 0.310 e. The van der Waals surface area contributed by atoms with Gasteiger partial charge in [0.25, 0.3) is 0 Å². The number of carbonyl (C=O) groups is 1. The maximum Gasteiger partial charge on any atom is 0.310 e. The SMILES string of the molecule is CCOC(=O)C1CCCN(C(=NC)NCc2cc(C)cc(OC)c2)C1.I. The summed E-state index contributed by atoms with van der Waals surface area (Å²) in [5.74, 6) is 1.49. The second-order valence-electron chi connectivity index (χ2n) is 6.30. The summed E-state index contributed by atoms with van der Waals surface area (Å²) in [7, 11) is 3.45. The van der Waals surface area contributed by atoms with Gasteiger partial charge in [0.05, 0.1) is 19.6 Å². The van der Waals surface area contributed by atoms with Gasteiger partial charge < -0.3 is 19.7 Å². The minimum atomic E-state index is -0.105. The van der Waals surface area contributed by atoms with E-state index in [-0.39, 0.29) is 35.9 Å². The molecular weight excluding hydrogens is 445 g/mol. The van der Waals surface area contributed by atoms with Crippen molar-refractivity contribution in [2.45, 2.75) is 33.2 Å². The zero-order valence-electron chi connectivity index (χ0n) is 16.1. The van der Waals surface area contributed by atoms with Crippen LogP contribution in [0.2, 0.25) is 0 Å². The monoisotopic (exact) mass is 475 g/mol. The number of guanidine groups is 1. The molecule has 26 heavy (non-hydrogen) atoms. The number of aliphatic imine (C=N–C) groups is 1. The lowest BCUT2D eigenvalue weighted by atomic mass is 9.98. The van der Waals surface area contributed by atoms with Crippen molar-refractivity contribution in [1.82, 2.24) is 10.2 Å². The number of aryl methyl sites for hydroxylation is 1. The topological polar surface area (TPSA) is 63.2 Å². The van der Waals surface area contributed by atoms with Crippen LogP contribution in [0.25, 0.3) is 0 Å². The van der Waals surface area contributed by atoms with Gasteiger partial charge in [-0.2, -0.15) is 0 Å². The molecule has 0 saturated carbocycles. The molecule has 1 aromatic carbocycles. The van der Waals surface area contributed by atoms with E-state index in [2.05, 4.69) is 28.2 Å². The fourth-order valence-corrected chi connectivity index (χ4v) is 3.18. The summed E-state index contributed by atoms with van der Waals surface area (Å²) in [6.45, 7) is 6.52. The highest BCUT2D eigenvalue weighted by molar-refractivity contribution is 14.0. The minimum absolute atomic E-state index is 0. The Morgan fingerprint density at radius 2 is 2.15 bits per heavy atom. The molecule has 0 spiro atoms. The molecule has 1 saturated heterocycles. The third-order valence-corrected chi connectivity index (χ3v) is 4.35. The number of likely N-dealkylation sites (tertiary alicyclic amines) is 1. The van der Waals surface area contributed by atoms with Gasteiger partial charge in [0.15, 0.2) is 5.96 Å². The molecule has 1 aliphatic heterocycles. The van der Waals surface area contributed by atoms with Crippen LogP contribution in [0.15, 0.2) is 23.2 Å². The first kappa shape index (κ1) is 22.5. The Labute approximate surface area is 173 Å². The minimum Gasteiger partial charge on any atom is -0.497 e. The van der Waals surface area contributed by atoms with Gasteiger partial charge in [0, 0.05) is 26.7 Å². The summed E-state index contributed by atoms with van der Waals surface area (Å²) in [4.78, 5) is 18.5. The first-order chi connectivity index (χ1) is 12.1. The third kappa shape index (κ3) is 6.34. The molecule has 7 heteroatoms. The molecule has 1 N–H and O–H groups in total. The number of nitrogens with one attached hydrogen (secondary N) is 1. The lowest BCUT2D eigenvalue weighted by Gasteiger charge is -2.34. The molecule has 0 radical (unpaired) electrons. The average molecular weight is 475 g/mol. The summed E-state index contributed by atoms with van der Waals surface area (Å²) < 4.78 is 10.5. The van der Waals surface area contributed by atoms with Crippen molar-refractivity contribution in [2.75, 3.05) is 33.9 Å². The number of benzene rings is 1. The highest BCUT2D eigenvalue weighted by atomic mass is 127. The summed E-state index contributed by atoms with van der Waals surface area (Å²) in [5, 5.41) is 3.39. The number of esters is 1. The Hall–Kier alpha value is -1.51. The van der Waals surface area contributed by atoms with E-state index in [1.807, 2.05) is 19.1 Å². The largest absolute Gasteiger partial charge is 0.497 e. The Morgan fingerprint density at radius 3 is 2.81 bits per heavy atom. The molecule has 0 amide bonds. The van der Waals surface area contributed by atoms with Gasteiger partial charge in [-0.15, -0.1) is 24.0 Å². The van der Waals surface area contributed by atoms with Crippen molar-refractivity contribution in [3.05, 3.63) is 29.3 Å². The highest BCUT2D eigenvalue weighted by Crippen LogP contribution is 2.19. The number of ether oxygens (including phenoxy) is 2. The molecule has 1 fully saturated rings. The standard InChI is InChI=1S/C19H29N3O3.HI/c1-5-25-18(23)16-7-6-8-22(13-16)19(20-3)21-12-15-9-14(2)10-17(11-15)24-4;/h9-11,16H,5-8,12-13H2,1-4H3,(H,20,21);1H. The molecular formula is C19H30IN3O3. The van der Waals surface area contributed by atoms with E-state index in [1.54, 1.807) is 14.2 Å². The zero-order chi connectivity index (χ0) is 18.2. The number of halogens is 1. The van der Waals surface area contributed by atoms with Crippen molar-refractivity contribution in [3.8, 4) is 5.75 Å². The molecule has 2 rings (SSSR count). The molecule has 1 unspecified atom stereocenters. The first-order valence-electron chi connectivity index (χ1n) is 8.84. The second-order valence-corrected chi connectivity index (χ2v) is 6.30. The fourth-order valence-electron chi connectivity index (χ4n) is 3.18. The predicted molar refractivity (Wildman–Crippen MR) is 114 cm³/mol. The van der Waals surface area contributed by atoms with Gasteiger partial charge >= 0.3 is 5.97 Å². The Kier molecular flexibility index (Phi) is 9.75. The summed E-state index contributed by atoms with van der Waals surface area (Å²) in [6, 6.07) is 6.15. The lowest BCUT2D eigenvalue weighted by Crippen LogP contribution is -2.48. The number of carbonyl (C=O) groups excluding carboxylic acids is 1. The quantitative estimate of drug-likeness (QED) is 0.307. The number of nitrogens with zero attached hydrogens (tertiary/aromatic N) is 2. The Morgan fingerprint density at radius 1 is 1.38 bits per heavy atom. The molecule has 146 valence electrons. The van der Waals surface area contributed by atoms with E-state index in [0.29, 0.717) is 19.7 Å².